The summed E-state index contributed by atoms with van der Waals surface area (Å²) in [6.07, 6.45) is -9.14. The van der Waals surface area contributed by atoms with E-state index >= 15 is 0 Å². The molecule has 37 heavy (non-hydrogen) atoms. The lowest BCUT2D eigenvalue weighted by Gasteiger charge is -2.11. The summed E-state index contributed by atoms with van der Waals surface area (Å²) in [5.41, 5.74) is -0.530. The summed E-state index contributed by atoms with van der Waals surface area (Å²) in [6, 6.07) is 9.69. The molecule has 0 aliphatic heterocycles. The molecule has 1 amide bonds. The molecule has 0 fully saturated rings. The third kappa shape index (κ3) is 7.52. The number of carbonyl (C=O) groups excluding carboxylic acids is 1. The van der Waals surface area contributed by atoms with E-state index in [2.05, 4.69) is 5.10 Å². The van der Waals surface area contributed by atoms with Gasteiger partial charge in [-0.15, -0.1) is 0 Å². The molecular weight excluding hydrogens is 533 g/mol. The van der Waals surface area contributed by atoms with Crippen molar-refractivity contribution in [2.45, 2.75) is 23.7 Å². The molecule has 0 heterocycles. The Bertz CT molecular complexity index is 1420. The highest BCUT2D eigenvalue weighted by molar-refractivity contribution is 7.87. The number of halogens is 7. The first-order chi connectivity index (χ1) is 17.1. The van der Waals surface area contributed by atoms with Crippen molar-refractivity contribution in [1.29, 1.82) is 0 Å². The number of hydrogen-bond acceptors (Lipinski definition) is 5. The van der Waals surface area contributed by atoms with Gasteiger partial charge in [0.1, 0.15) is 10.7 Å². The van der Waals surface area contributed by atoms with E-state index in [4.69, 9.17) is 4.18 Å². The summed E-state index contributed by atoms with van der Waals surface area (Å²) < 4.78 is 120. The van der Waals surface area contributed by atoms with Crippen molar-refractivity contribution in [1.82, 2.24) is 5.43 Å². The Hall–Kier alpha value is -3.94. The number of para-hydroxylation sites is 1. The van der Waals surface area contributed by atoms with Crippen LogP contribution in [0.15, 0.2) is 76.7 Å². The maximum atomic E-state index is 13.5. The first-order valence-corrected chi connectivity index (χ1v) is 11.5. The van der Waals surface area contributed by atoms with Gasteiger partial charge in [0.05, 0.1) is 23.8 Å². The Kier molecular flexibility index (Phi) is 7.91. The summed E-state index contributed by atoms with van der Waals surface area (Å²) in [5, 5.41) is 3.59. The number of carbonyl (C=O) groups is 1. The molecule has 0 aliphatic rings. The molecule has 0 atom stereocenters. The molecule has 6 nitrogen and oxygen atoms in total. The average Bonchev–Trinajstić information content (AvgIpc) is 2.78. The van der Waals surface area contributed by atoms with E-state index in [1.54, 1.807) is 0 Å². The molecule has 196 valence electrons. The van der Waals surface area contributed by atoms with Gasteiger partial charge >= 0.3 is 22.5 Å². The van der Waals surface area contributed by atoms with E-state index in [1.165, 1.54) is 24.3 Å². The van der Waals surface area contributed by atoms with Gasteiger partial charge in [-0.2, -0.15) is 39.9 Å². The predicted octanol–water partition coefficient (Wildman–Crippen LogP) is 5.32. The largest absolute Gasteiger partial charge is 0.416 e. The molecule has 0 saturated heterocycles. The van der Waals surface area contributed by atoms with Crippen LogP contribution >= 0.6 is 0 Å². The molecule has 0 bridgehead atoms. The summed E-state index contributed by atoms with van der Waals surface area (Å²) in [6.45, 7) is 0. The van der Waals surface area contributed by atoms with Crippen molar-refractivity contribution in [2.24, 2.45) is 5.10 Å². The fourth-order valence-corrected chi connectivity index (χ4v) is 3.91. The summed E-state index contributed by atoms with van der Waals surface area (Å²) >= 11 is 0. The van der Waals surface area contributed by atoms with Crippen molar-refractivity contribution in [3.8, 4) is 5.75 Å². The van der Waals surface area contributed by atoms with Crippen LogP contribution in [0.3, 0.4) is 0 Å². The van der Waals surface area contributed by atoms with Crippen molar-refractivity contribution >= 4 is 22.2 Å². The van der Waals surface area contributed by atoms with Crippen LogP contribution < -0.4 is 9.61 Å². The van der Waals surface area contributed by atoms with Crippen LogP contribution in [-0.2, 0) is 33.7 Å². The molecular formula is C23H15F7N2O4S. The maximum absolute atomic E-state index is 13.5. The Morgan fingerprint density at radius 1 is 0.892 bits per heavy atom. The fraction of sp³-hybridized carbons (Fsp3) is 0.130. The van der Waals surface area contributed by atoms with Crippen LogP contribution in [-0.4, -0.2) is 20.5 Å². The van der Waals surface area contributed by atoms with Gasteiger partial charge in [-0.25, -0.2) is 9.82 Å². The number of rotatable bonds is 7. The zero-order chi connectivity index (χ0) is 27.4. The topological polar surface area (TPSA) is 84.8 Å². The van der Waals surface area contributed by atoms with Crippen molar-refractivity contribution < 1.29 is 48.1 Å². The first kappa shape index (κ1) is 27.6. The Labute approximate surface area is 205 Å². The molecule has 1 N–H and O–H groups in total. The summed E-state index contributed by atoms with van der Waals surface area (Å²) in [5.74, 6) is -2.35. The van der Waals surface area contributed by atoms with E-state index in [1.807, 2.05) is 5.43 Å². The van der Waals surface area contributed by atoms with Gasteiger partial charge in [0.25, 0.3) is 0 Å². The number of nitrogens with zero attached hydrogens (tertiary/aromatic N) is 1. The number of hydrogen-bond donors (Lipinski definition) is 1. The molecule has 3 aromatic carbocycles. The van der Waals surface area contributed by atoms with Crippen molar-refractivity contribution in [3.05, 3.63) is 94.8 Å². The Morgan fingerprint density at radius 3 is 2.14 bits per heavy atom. The predicted molar refractivity (Wildman–Crippen MR) is 117 cm³/mol. The first-order valence-electron chi connectivity index (χ1n) is 10.0. The molecule has 0 aliphatic carbocycles. The van der Waals surface area contributed by atoms with Gasteiger partial charge in [0, 0.05) is 5.56 Å². The highest BCUT2D eigenvalue weighted by Crippen LogP contribution is 2.31. The molecule has 0 saturated carbocycles. The molecule has 3 aromatic rings. The van der Waals surface area contributed by atoms with Crippen molar-refractivity contribution in [3.63, 3.8) is 0 Å². The van der Waals surface area contributed by atoms with Gasteiger partial charge in [0.15, 0.2) is 5.75 Å². The third-order valence-electron chi connectivity index (χ3n) is 4.63. The van der Waals surface area contributed by atoms with Gasteiger partial charge in [-0.1, -0.05) is 12.1 Å². The second kappa shape index (κ2) is 10.6. The van der Waals surface area contributed by atoms with Crippen LogP contribution in [0.2, 0.25) is 0 Å². The maximum Gasteiger partial charge on any atom is 0.416 e. The van der Waals surface area contributed by atoms with E-state index in [0.29, 0.717) is 18.2 Å². The smallest absolute Gasteiger partial charge is 0.378 e. The number of benzene rings is 3. The number of amides is 1. The zero-order valence-corrected chi connectivity index (χ0v) is 19.1. The van der Waals surface area contributed by atoms with Crippen LogP contribution in [0, 0.1) is 5.82 Å². The van der Waals surface area contributed by atoms with Gasteiger partial charge in [0.2, 0.25) is 5.91 Å². The van der Waals surface area contributed by atoms with Crippen LogP contribution in [0.5, 0.6) is 5.75 Å². The quantitative estimate of drug-likeness (QED) is 0.187. The number of alkyl halides is 6. The van der Waals surface area contributed by atoms with E-state index in [0.717, 1.165) is 24.4 Å². The molecule has 0 spiro atoms. The highest BCUT2D eigenvalue weighted by atomic mass is 32.2. The second-order valence-corrected chi connectivity index (χ2v) is 8.96. The van der Waals surface area contributed by atoms with Crippen LogP contribution in [0.1, 0.15) is 22.3 Å². The Balaban J connectivity index is 1.70. The molecule has 3 rings (SSSR count). The minimum Gasteiger partial charge on any atom is -0.378 e. The van der Waals surface area contributed by atoms with E-state index < -0.39 is 56.6 Å². The monoisotopic (exact) mass is 548 g/mol. The minimum atomic E-state index is -4.81. The second-order valence-electron chi connectivity index (χ2n) is 7.41. The van der Waals surface area contributed by atoms with Gasteiger partial charge < -0.3 is 4.18 Å². The SMILES string of the molecule is O=C(Cc1cc(F)cc(C(F)(F)F)c1)NN=Cc1ccccc1OS(=O)(=O)c1ccc(C(F)(F)F)cc1. The zero-order valence-electron chi connectivity index (χ0n) is 18.3. The molecule has 14 heteroatoms. The standard InChI is InChI=1S/C23H15F7N2O4S/c24-18-10-14(9-17(12-18)23(28,29)30)11-21(33)32-31-13-15-3-1-2-4-20(15)36-37(34,35)19-7-5-16(6-8-19)22(25,26)27/h1-10,12-13H,11H2,(H,32,33). The lowest BCUT2D eigenvalue weighted by atomic mass is 10.1. The van der Waals surface area contributed by atoms with Gasteiger partial charge in [-0.05, 0) is 60.2 Å². The molecule has 0 unspecified atom stereocenters. The summed E-state index contributed by atoms with van der Waals surface area (Å²) in [4.78, 5) is 11.5. The third-order valence-corrected chi connectivity index (χ3v) is 5.88. The van der Waals surface area contributed by atoms with E-state index in [-0.39, 0.29) is 22.9 Å². The fourth-order valence-electron chi connectivity index (χ4n) is 2.95. The van der Waals surface area contributed by atoms with Gasteiger partial charge in [-0.3, -0.25) is 4.79 Å². The number of nitrogens with one attached hydrogen (secondary N) is 1. The lowest BCUT2D eigenvalue weighted by Crippen LogP contribution is -2.20. The summed E-state index contributed by atoms with van der Waals surface area (Å²) in [7, 11) is -4.54. The van der Waals surface area contributed by atoms with E-state index in [9.17, 15) is 43.9 Å². The number of hydrazone groups is 1. The molecule has 0 radical (unpaired) electrons. The molecule has 0 aromatic heterocycles. The average molecular weight is 548 g/mol. The lowest BCUT2D eigenvalue weighted by molar-refractivity contribution is -0.138. The van der Waals surface area contributed by atoms with Crippen LogP contribution in [0.4, 0.5) is 30.7 Å². The van der Waals surface area contributed by atoms with Crippen molar-refractivity contribution in [2.75, 3.05) is 0 Å². The highest BCUT2D eigenvalue weighted by Gasteiger charge is 2.32. The van der Waals surface area contributed by atoms with Crippen LogP contribution in [0.25, 0.3) is 0 Å². The Morgan fingerprint density at radius 2 is 1.51 bits per heavy atom. The normalized spacial score (nSPS) is 12.5. The minimum absolute atomic E-state index is 0.0309.